The summed E-state index contributed by atoms with van der Waals surface area (Å²) in [5.41, 5.74) is -0.195. The summed E-state index contributed by atoms with van der Waals surface area (Å²) in [5.74, 6) is -3.50. The van der Waals surface area contributed by atoms with Gasteiger partial charge in [-0.05, 0) is 37.6 Å². The standard InChI is InChI=1S/C15H17F4NO3/c16-12-8-10(14(21)22)3-4-13(12)23-7-6-20-5-1-2-11(9-20)15(17,18)19/h3-4,8,11H,1-2,5-7,9H2,(H,21,22). The van der Waals surface area contributed by atoms with E-state index in [1.165, 1.54) is 12.1 Å². The molecular formula is C15H17F4NO3. The predicted molar refractivity (Wildman–Crippen MR) is 74.1 cm³/mol. The number of hydrogen-bond acceptors (Lipinski definition) is 3. The third kappa shape index (κ3) is 4.82. The second-order valence-electron chi connectivity index (χ2n) is 5.48. The molecule has 0 bridgehead atoms. The van der Waals surface area contributed by atoms with Crippen LogP contribution in [0.5, 0.6) is 5.75 Å². The number of rotatable bonds is 5. The largest absolute Gasteiger partial charge is 0.489 e. The van der Waals surface area contributed by atoms with Gasteiger partial charge in [0, 0.05) is 13.1 Å². The Hall–Kier alpha value is -1.83. The maximum Gasteiger partial charge on any atom is 0.393 e. The molecule has 128 valence electrons. The van der Waals surface area contributed by atoms with Crippen LogP contribution in [0.4, 0.5) is 17.6 Å². The molecule has 1 heterocycles. The van der Waals surface area contributed by atoms with Gasteiger partial charge in [-0.15, -0.1) is 0 Å². The lowest BCUT2D eigenvalue weighted by molar-refractivity contribution is -0.186. The highest BCUT2D eigenvalue weighted by atomic mass is 19.4. The number of piperidine rings is 1. The van der Waals surface area contributed by atoms with Gasteiger partial charge in [0.15, 0.2) is 11.6 Å². The van der Waals surface area contributed by atoms with Crippen LogP contribution < -0.4 is 4.74 Å². The summed E-state index contributed by atoms with van der Waals surface area (Å²) in [4.78, 5) is 12.3. The van der Waals surface area contributed by atoms with E-state index in [9.17, 15) is 22.4 Å². The van der Waals surface area contributed by atoms with E-state index < -0.39 is 23.9 Å². The zero-order chi connectivity index (χ0) is 17.0. The first kappa shape index (κ1) is 17.5. The van der Waals surface area contributed by atoms with Gasteiger partial charge in [0.25, 0.3) is 0 Å². The number of carboxylic acid groups (broad SMARTS) is 1. The maximum absolute atomic E-state index is 13.6. The lowest BCUT2D eigenvalue weighted by Crippen LogP contribution is -2.43. The third-order valence-electron chi connectivity index (χ3n) is 3.81. The van der Waals surface area contributed by atoms with Crippen molar-refractivity contribution in [2.45, 2.75) is 19.0 Å². The molecule has 23 heavy (non-hydrogen) atoms. The van der Waals surface area contributed by atoms with Crippen LogP contribution >= 0.6 is 0 Å². The number of ether oxygens (including phenoxy) is 1. The molecule has 1 unspecified atom stereocenters. The molecule has 1 aliphatic rings. The van der Waals surface area contributed by atoms with Crippen molar-refractivity contribution in [3.8, 4) is 5.75 Å². The van der Waals surface area contributed by atoms with E-state index in [4.69, 9.17) is 9.84 Å². The van der Waals surface area contributed by atoms with Crippen molar-refractivity contribution in [2.24, 2.45) is 5.92 Å². The first-order valence-corrected chi connectivity index (χ1v) is 7.22. The van der Waals surface area contributed by atoms with Crippen LogP contribution in [0.1, 0.15) is 23.2 Å². The van der Waals surface area contributed by atoms with E-state index in [-0.39, 0.29) is 37.4 Å². The van der Waals surface area contributed by atoms with Gasteiger partial charge in [-0.3, -0.25) is 4.90 Å². The highest BCUT2D eigenvalue weighted by Gasteiger charge is 2.41. The van der Waals surface area contributed by atoms with Gasteiger partial charge in [-0.1, -0.05) is 0 Å². The Labute approximate surface area is 130 Å². The molecule has 0 aliphatic carbocycles. The number of hydrogen-bond donors (Lipinski definition) is 1. The Kier molecular flexibility index (Phi) is 5.46. The Morgan fingerprint density at radius 2 is 2.13 bits per heavy atom. The molecule has 0 amide bonds. The van der Waals surface area contributed by atoms with Gasteiger partial charge in [0.05, 0.1) is 11.5 Å². The molecule has 0 saturated carbocycles. The normalized spacial score (nSPS) is 19.6. The van der Waals surface area contributed by atoms with Gasteiger partial charge in [0.1, 0.15) is 6.61 Å². The molecule has 0 spiro atoms. The van der Waals surface area contributed by atoms with Crippen LogP contribution in [-0.4, -0.2) is 48.4 Å². The Morgan fingerprint density at radius 3 is 2.74 bits per heavy atom. The maximum atomic E-state index is 13.6. The third-order valence-corrected chi connectivity index (χ3v) is 3.81. The van der Waals surface area contributed by atoms with Crippen LogP contribution in [0.15, 0.2) is 18.2 Å². The second kappa shape index (κ2) is 7.16. The van der Waals surface area contributed by atoms with E-state index in [0.717, 1.165) is 6.07 Å². The molecule has 4 nitrogen and oxygen atoms in total. The smallest absolute Gasteiger partial charge is 0.393 e. The van der Waals surface area contributed by atoms with E-state index >= 15 is 0 Å². The van der Waals surface area contributed by atoms with Gasteiger partial charge < -0.3 is 9.84 Å². The molecule has 8 heteroatoms. The topological polar surface area (TPSA) is 49.8 Å². The number of carboxylic acids is 1. The molecule has 1 N–H and O–H groups in total. The lowest BCUT2D eigenvalue weighted by atomic mass is 9.98. The quantitative estimate of drug-likeness (QED) is 0.840. The number of carbonyl (C=O) groups is 1. The van der Waals surface area contributed by atoms with Crippen molar-refractivity contribution in [3.05, 3.63) is 29.6 Å². The Balaban J connectivity index is 1.84. The first-order chi connectivity index (χ1) is 10.8. The van der Waals surface area contributed by atoms with Crippen molar-refractivity contribution >= 4 is 5.97 Å². The molecular weight excluding hydrogens is 318 g/mol. The van der Waals surface area contributed by atoms with Crippen molar-refractivity contribution in [1.29, 1.82) is 0 Å². The fraction of sp³-hybridized carbons (Fsp3) is 0.533. The fourth-order valence-corrected chi connectivity index (χ4v) is 2.56. The zero-order valence-corrected chi connectivity index (χ0v) is 12.3. The van der Waals surface area contributed by atoms with Crippen molar-refractivity contribution in [3.63, 3.8) is 0 Å². The van der Waals surface area contributed by atoms with E-state index in [2.05, 4.69) is 0 Å². The predicted octanol–water partition coefficient (Wildman–Crippen LogP) is 3.18. The average Bonchev–Trinajstić information content (AvgIpc) is 2.48. The number of benzene rings is 1. The van der Waals surface area contributed by atoms with Crippen LogP contribution in [0.3, 0.4) is 0 Å². The van der Waals surface area contributed by atoms with Crippen LogP contribution in [0.2, 0.25) is 0 Å². The fourth-order valence-electron chi connectivity index (χ4n) is 2.56. The first-order valence-electron chi connectivity index (χ1n) is 7.22. The van der Waals surface area contributed by atoms with Gasteiger partial charge in [0.2, 0.25) is 0 Å². The molecule has 2 rings (SSSR count). The summed E-state index contributed by atoms with van der Waals surface area (Å²) in [5, 5.41) is 8.73. The molecule has 1 aromatic rings. The molecule has 1 atom stereocenters. The number of nitrogens with zero attached hydrogens (tertiary/aromatic N) is 1. The summed E-state index contributed by atoms with van der Waals surface area (Å²) in [6.45, 7) is 0.768. The number of likely N-dealkylation sites (tertiary alicyclic amines) is 1. The summed E-state index contributed by atoms with van der Waals surface area (Å²) in [6.07, 6.45) is -3.60. The zero-order valence-electron chi connectivity index (χ0n) is 12.3. The molecule has 1 aromatic carbocycles. The molecule has 1 aliphatic heterocycles. The Bertz CT molecular complexity index is 562. The molecule has 1 fully saturated rings. The minimum Gasteiger partial charge on any atom is -0.489 e. The van der Waals surface area contributed by atoms with E-state index in [0.29, 0.717) is 13.0 Å². The second-order valence-corrected chi connectivity index (χ2v) is 5.48. The highest BCUT2D eigenvalue weighted by Crippen LogP contribution is 2.33. The number of aromatic carboxylic acids is 1. The minimum absolute atomic E-state index is 0.0356. The van der Waals surface area contributed by atoms with Gasteiger partial charge in [-0.2, -0.15) is 13.2 Å². The van der Waals surface area contributed by atoms with Gasteiger partial charge >= 0.3 is 12.1 Å². The van der Waals surface area contributed by atoms with Crippen LogP contribution in [0, 0.1) is 11.7 Å². The van der Waals surface area contributed by atoms with Crippen molar-refractivity contribution < 1.29 is 32.2 Å². The molecule has 1 saturated heterocycles. The summed E-state index contributed by atoms with van der Waals surface area (Å²) in [7, 11) is 0. The van der Waals surface area contributed by atoms with Crippen molar-refractivity contribution in [1.82, 2.24) is 4.90 Å². The average molecular weight is 335 g/mol. The summed E-state index contributed by atoms with van der Waals surface area (Å²) in [6, 6.07) is 3.26. The number of alkyl halides is 3. The monoisotopic (exact) mass is 335 g/mol. The molecule has 0 radical (unpaired) electrons. The SMILES string of the molecule is O=C(O)c1ccc(OCCN2CCCC(C(F)(F)F)C2)c(F)c1. The van der Waals surface area contributed by atoms with Crippen molar-refractivity contribution in [2.75, 3.05) is 26.2 Å². The van der Waals surface area contributed by atoms with Crippen LogP contribution in [0.25, 0.3) is 0 Å². The minimum atomic E-state index is -4.20. The van der Waals surface area contributed by atoms with E-state index in [1.807, 2.05) is 0 Å². The lowest BCUT2D eigenvalue weighted by Gasteiger charge is -2.33. The molecule has 0 aromatic heterocycles. The van der Waals surface area contributed by atoms with Gasteiger partial charge in [-0.25, -0.2) is 9.18 Å². The Morgan fingerprint density at radius 1 is 1.39 bits per heavy atom. The number of halogens is 4. The highest BCUT2D eigenvalue weighted by molar-refractivity contribution is 5.87. The summed E-state index contributed by atoms with van der Waals surface area (Å²) < 4.78 is 57.0. The van der Waals surface area contributed by atoms with E-state index in [1.54, 1.807) is 4.90 Å². The summed E-state index contributed by atoms with van der Waals surface area (Å²) >= 11 is 0. The van der Waals surface area contributed by atoms with Crippen LogP contribution in [-0.2, 0) is 0 Å².